The van der Waals surface area contributed by atoms with Crippen LogP contribution in [0, 0.1) is 36.0 Å². The topological polar surface area (TPSA) is 36.9 Å². The van der Waals surface area contributed by atoms with Crippen molar-refractivity contribution in [1.29, 1.82) is 0 Å². The van der Waals surface area contributed by atoms with Gasteiger partial charge in [0.05, 0.1) is 0 Å². The molecule has 5 rings (SSSR count). The first-order valence-electron chi connectivity index (χ1n) is 9.22. The van der Waals surface area contributed by atoms with E-state index in [9.17, 15) is 0 Å². The normalized spacial score (nSPS) is 12.2. The van der Waals surface area contributed by atoms with Crippen molar-refractivity contribution < 1.29 is 18.9 Å². The number of terminal acetylenes is 1. The van der Waals surface area contributed by atoms with Gasteiger partial charge in [0.15, 0.2) is 23.0 Å². The van der Waals surface area contributed by atoms with Gasteiger partial charge < -0.3 is 18.9 Å². The summed E-state index contributed by atoms with van der Waals surface area (Å²) in [5, 5.41) is 0. The lowest BCUT2D eigenvalue weighted by Gasteiger charge is -1.98. The summed E-state index contributed by atoms with van der Waals surface area (Å²) in [6.45, 7) is 0.476. The van der Waals surface area contributed by atoms with Crippen LogP contribution in [-0.4, -0.2) is 13.6 Å². The largest absolute Gasteiger partial charge is 0.454 e. The number of hydrogen-bond donors (Lipinski definition) is 0. The predicted octanol–water partition coefficient (Wildman–Crippen LogP) is 3.92. The number of fused-ring (bicyclic) bond motifs is 2. The minimum absolute atomic E-state index is 0.238. The second kappa shape index (κ2) is 7.51. The molecule has 0 radical (unpaired) electrons. The Balaban J connectivity index is 1.43. The molecule has 2 heterocycles. The molecule has 0 spiro atoms. The van der Waals surface area contributed by atoms with Crippen LogP contribution in [0.1, 0.15) is 27.8 Å². The maximum absolute atomic E-state index is 5.62. The van der Waals surface area contributed by atoms with E-state index in [4.69, 9.17) is 25.4 Å². The summed E-state index contributed by atoms with van der Waals surface area (Å²) in [5.41, 5.74) is 3.97. The first-order chi connectivity index (χ1) is 14.8. The van der Waals surface area contributed by atoms with Gasteiger partial charge in [-0.2, -0.15) is 0 Å². The average Bonchev–Trinajstić information content (AvgIpc) is 3.44. The summed E-state index contributed by atoms with van der Waals surface area (Å²) < 4.78 is 21.4. The Bertz CT molecular complexity index is 1230. The molecular weight excluding hydrogens is 376 g/mol. The van der Waals surface area contributed by atoms with Crippen molar-refractivity contribution in [3.05, 3.63) is 82.4 Å². The first-order valence-corrected chi connectivity index (χ1v) is 9.22. The van der Waals surface area contributed by atoms with E-state index in [0.29, 0.717) is 11.5 Å². The minimum Gasteiger partial charge on any atom is -0.454 e. The molecule has 0 saturated carbocycles. The molecule has 0 bridgehead atoms. The van der Waals surface area contributed by atoms with Crippen LogP contribution in [0.4, 0.5) is 0 Å². The van der Waals surface area contributed by atoms with E-state index >= 15 is 0 Å². The molecule has 0 saturated heterocycles. The van der Waals surface area contributed by atoms with Crippen LogP contribution in [0.25, 0.3) is 0 Å². The number of ether oxygens (including phenoxy) is 4. The molecular formula is C26H14O4. The summed E-state index contributed by atoms with van der Waals surface area (Å²) >= 11 is 0. The Morgan fingerprint density at radius 2 is 0.933 bits per heavy atom. The fourth-order valence-electron chi connectivity index (χ4n) is 3.09. The van der Waals surface area contributed by atoms with Crippen molar-refractivity contribution in [2.45, 2.75) is 0 Å². The van der Waals surface area contributed by atoms with E-state index < -0.39 is 0 Å². The highest BCUT2D eigenvalue weighted by Gasteiger charge is 2.13. The maximum Gasteiger partial charge on any atom is 0.231 e. The van der Waals surface area contributed by atoms with Crippen molar-refractivity contribution in [1.82, 2.24) is 0 Å². The predicted molar refractivity (Wildman–Crippen MR) is 111 cm³/mol. The third kappa shape index (κ3) is 3.61. The Labute approximate surface area is 174 Å². The fourth-order valence-corrected chi connectivity index (χ4v) is 3.09. The number of hydrogen-bond acceptors (Lipinski definition) is 4. The molecule has 0 aromatic heterocycles. The molecule has 0 amide bonds. The van der Waals surface area contributed by atoms with Crippen molar-refractivity contribution >= 4 is 0 Å². The Kier molecular flexibility index (Phi) is 4.41. The molecule has 4 nitrogen and oxygen atoms in total. The minimum atomic E-state index is 0.238. The van der Waals surface area contributed by atoms with Crippen LogP contribution in [0.5, 0.6) is 23.0 Å². The zero-order chi connectivity index (χ0) is 20.3. The van der Waals surface area contributed by atoms with E-state index in [0.717, 1.165) is 39.3 Å². The van der Waals surface area contributed by atoms with Gasteiger partial charge in [-0.05, 0) is 54.6 Å². The quantitative estimate of drug-likeness (QED) is 0.545. The molecule has 142 valence electrons. The maximum atomic E-state index is 5.62. The Hall–Kier alpha value is -4.46. The molecule has 30 heavy (non-hydrogen) atoms. The third-order valence-electron chi connectivity index (χ3n) is 4.55. The standard InChI is InChI=1S/C26H14O4/c1-2-18-11-21(5-3-19-7-9-23-25(14-19)29-16-27-23)13-22(12-18)6-4-20-8-10-24-26(15-20)30-17-28-24/h1,7-15H,16-17H2. The van der Waals surface area contributed by atoms with Crippen LogP contribution in [0.3, 0.4) is 0 Å². The van der Waals surface area contributed by atoms with Crippen LogP contribution >= 0.6 is 0 Å². The van der Waals surface area contributed by atoms with E-state index in [-0.39, 0.29) is 13.6 Å². The molecule has 2 aliphatic rings. The second-order valence-electron chi connectivity index (χ2n) is 6.58. The molecule has 0 fully saturated rings. The highest BCUT2D eigenvalue weighted by molar-refractivity contribution is 5.56. The van der Waals surface area contributed by atoms with E-state index in [1.807, 2.05) is 54.6 Å². The zero-order valence-electron chi connectivity index (χ0n) is 15.8. The molecule has 0 unspecified atom stereocenters. The van der Waals surface area contributed by atoms with Gasteiger partial charge in [0.1, 0.15) is 0 Å². The second-order valence-corrected chi connectivity index (χ2v) is 6.58. The van der Waals surface area contributed by atoms with Crippen molar-refractivity contribution in [2.24, 2.45) is 0 Å². The third-order valence-corrected chi connectivity index (χ3v) is 4.55. The average molecular weight is 390 g/mol. The molecule has 0 atom stereocenters. The number of benzene rings is 3. The van der Waals surface area contributed by atoms with Crippen molar-refractivity contribution in [2.75, 3.05) is 13.6 Å². The smallest absolute Gasteiger partial charge is 0.231 e. The van der Waals surface area contributed by atoms with Gasteiger partial charge in [-0.1, -0.05) is 29.6 Å². The van der Waals surface area contributed by atoms with Gasteiger partial charge >= 0.3 is 0 Å². The summed E-state index contributed by atoms with van der Waals surface area (Å²) in [5.74, 6) is 18.1. The van der Waals surface area contributed by atoms with E-state index in [1.165, 1.54) is 0 Å². The molecule has 2 aliphatic heterocycles. The van der Waals surface area contributed by atoms with Gasteiger partial charge in [0, 0.05) is 27.8 Å². The van der Waals surface area contributed by atoms with Gasteiger partial charge in [-0.3, -0.25) is 0 Å². The lowest BCUT2D eigenvalue weighted by atomic mass is 10.1. The monoisotopic (exact) mass is 390 g/mol. The van der Waals surface area contributed by atoms with Gasteiger partial charge in [0.2, 0.25) is 13.6 Å². The van der Waals surface area contributed by atoms with Gasteiger partial charge in [0.25, 0.3) is 0 Å². The van der Waals surface area contributed by atoms with Crippen LogP contribution in [0.2, 0.25) is 0 Å². The van der Waals surface area contributed by atoms with E-state index in [2.05, 4.69) is 29.6 Å². The van der Waals surface area contributed by atoms with Gasteiger partial charge in [-0.15, -0.1) is 6.42 Å². The highest BCUT2D eigenvalue weighted by atomic mass is 16.7. The number of rotatable bonds is 0. The first kappa shape index (κ1) is 17.6. The zero-order valence-corrected chi connectivity index (χ0v) is 15.8. The molecule has 0 N–H and O–H groups in total. The lowest BCUT2D eigenvalue weighted by molar-refractivity contribution is 0.173. The summed E-state index contributed by atoms with van der Waals surface area (Å²) in [4.78, 5) is 0. The van der Waals surface area contributed by atoms with E-state index in [1.54, 1.807) is 0 Å². The molecule has 4 heteroatoms. The fraction of sp³-hybridized carbons (Fsp3) is 0.0769. The molecule has 3 aromatic rings. The summed E-state index contributed by atoms with van der Waals surface area (Å²) in [6.07, 6.45) is 5.62. The van der Waals surface area contributed by atoms with Crippen LogP contribution < -0.4 is 18.9 Å². The molecule has 3 aromatic carbocycles. The highest BCUT2D eigenvalue weighted by Crippen LogP contribution is 2.33. The van der Waals surface area contributed by atoms with Gasteiger partial charge in [-0.25, -0.2) is 0 Å². The summed E-state index contributed by atoms with van der Waals surface area (Å²) in [7, 11) is 0. The molecule has 0 aliphatic carbocycles. The lowest BCUT2D eigenvalue weighted by Crippen LogP contribution is -1.92. The van der Waals surface area contributed by atoms with Crippen molar-refractivity contribution in [3.8, 4) is 59.0 Å². The SMILES string of the molecule is C#Cc1cc(C#Cc2ccc3c(c2)OCO3)cc(C#Cc2ccc3c(c2)OCO3)c1. The Morgan fingerprint density at radius 3 is 1.43 bits per heavy atom. The van der Waals surface area contributed by atoms with Crippen molar-refractivity contribution in [3.63, 3.8) is 0 Å². The van der Waals surface area contributed by atoms with Crippen LogP contribution in [-0.2, 0) is 0 Å². The Morgan fingerprint density at radius 1 is 0.500 bits per heavy atom. The van der Waals surface area contributed by atoms with Crippen LogP contribution in [0.15, 0.2) is 54.6 Å². The summed E-state index contributed by atoms with van der Waals surface area (Å²) in [6, 6.07) is 16.9.